The van der Waals surface area contributed by atoms with Gasteiger partial charge in [-0.15, -0.1) is 0 Å². The Balaban J connectivity index is 1.03. The number of aromatic nitrogens is 3. The highest BCUT2D eigenvalue weighted by molar-refractivity contribution is 5.88. The van der Waals surface area contributed by atoms with Gasteiger partial charge in [0.15, 0.2) is 28.9 Å². The molecule has 230 valence electrons. The molecule has 12 heteroatoms. The third-order valence-corrected chi connectivity index (χ3v) is 8.73. The highest BCUT2D eigenvalue weighted by atomic mass is 19.4. The van der Waals surface area contributed by atoms with E-state index in [0.717, 1.165) is 62.5 Å². The fraction of sp³-hybridized carbons (Fsp3) is 0.406. The molecule has 2 aromatic carbocycles. The average molecular weight is 609 g/mol. The molecule has 1 unspecified atom stereocenters. The third-order valence-electron chi connectivity index (χ3n) is 8.73. The number of aromatic carboxylic acids is 1. The van der Waals surface area contributed by atoms with E-state index in [1.165, 1.54) is 18.2 Å². The van der Waals surface area contributed by atoms with Crippen LogP contribution in [-0.2, 0) is 24.0 Å². The number of hydrogen-bond donors (Lipinski definition) is 1. The minimum absolute atomic E-state index is 0.0105. The molecule has 0 saturated carbocycles. The van der Waals surface area contributed by atoms with E-state index in [0.29, 0.717) is 41.3 Å². The molecule has 2 atom stereocenters. The number of para-hydroxylation sites is 1. The normalized spacial score (nSPS) is 20.9. The van der Waals surface area contributed by atoms with Crippen LogP contribution in [0.25, 0.3) is 11.2 Å². The van der Waals surface area contributed by atoms with Crippen molar-refractivity contribution in [3.63, 3.8) is 0 Å². The van der Waals surface area contributed by atoms with Crippen molar-refractivity contribution >= 4 is 17.1 Å². The summed E-state index contributed by atoms with van der Waals surface area (Å²) < 4.78 is 59.0. The number of carboxylic acid groups (broad SMARTS) is 1. The van der Waals surface area contributed by atoms with Gasteiger partial charge in [0.1, 0.15) is 17.9 Å². The molecule has 9 nitrogen and oxygen atoms in total. The lowest BCUT2D eigenvalue weighted by molar-refractivity contribution is -0.137. The van der Waals surface area contributed by atoms with Crippen molar-refractivity contribution in [1.82, 2.24) is 19.4 Å². The Hall–Kier alpha value is -4.16. The fourth-order valence-electron chi connectivity index (χ4n) is 6.21. The third kappa shape index (κ3) is 5.59. The highest BCUT2D eigenvalue weighted by Gasteiger charge is 2.33. The number of carboxylic acids is 1. The first-order valence-electron chi connectivity index (χ1n) is 14.8. The summed E-state index contributed by atoms with van der Waals surface area (Å²) in [5, 5.41) is 9.46. The molecular weight excluding hydrogens is 577 g/mol. The molecule has 0 radical (unpaired) electrons. The Morgan fingerprint density at radius 3 is 2.45 bits per heavy atom. The van der Waals surface area contributed by atoms with Crippen LogP contribution in [-0.4, -0.2) is 62.9 Å². The smallest absolute Gasteiger partial charge is 0.416 e. The molecular formula is C32H31F3N4O5. The van der Waals surface area contributed by atoms with Gasteiger partial charge in [0.05, 0.1) is 24.8 Å². The monoisotopic (exact) mass is 608 g/mol. The van der Waals surface area contributed by atoms with Gasteiger partial charge in [-0.05, 0) is 74.2 Å². The first-order valence-corrected chi connectivity index (χ1v) is 14.8. The number of pyridine rings is 1. The molecule has 3 aliphatic rings. The lowest BCUT2D eigenvalue weighted by Crippen LogP contribution is -2.35. The van der Waals surface area contributed by atoms with Gasteiger partial charge in [-0.3, -0.25) is 4.90 Å². The van der Waals surface area contributed by atoms with Gasteiger partial charge in [0.25, 0.3) is 0 Å². The summed E-state index contributed by atoms with van der Waals surface area (Å²) in [5.41, 5.74) is 2.23. The zero-order valence-corrected chi connectivity index (χ0v) is 23.8. The van der Waals surface area contributed by atoms with E-state index in [1.54, 1.807) is 6.07 Å². The Morgan fingerprint density at radius 1 is 1.00 bits per heavy atom. The van der Waals surface area contributed by atoms with Crippen LogP contribution < -0.4 is 9.47 Å². The number of imidazole rings is 1. The van der Waals surface area contributed by atoms with Crippen molar-refractivity contribution in [2.45, 2.75) is 56.7 Å². The van der Waals surface area contributed by atoms with Gasteiger partial charge in [-0.1, -0.05) is 24.3 Å². The Morgan fingerprint density at radius 2 is 1.77 bits per heavy atom. The molecule has 2 saturated heterocycles. The number of rotatable bonds is 7. The molecule has 0 bridgehead atoms. The second kappa shape index (κ2) is 11.4. The summed E-state index contributed by atoms with van der Waals surface area (Å²) in [6.07, 6.45) is -2.07. The number of hydrogen-bond acceptors (Lipinski definition) is 7. The molecule has 4 aromatic rings. The van der Waals surface area contributed by atoms with E-state index in [4.69, 9.17) is 19.2 Å². The number of nitrogens with zero attached hydrogens (tertiary/aromatic N) is 4. The summed E-state index contributed by atoms with van der Waals surface area (Å²) in [7, 11) is 0. The molecule has 44 heavy (non-hydrogen) atoms. The summed E-state index contributed by atoms with van der Waals surface area (Å²) in [6, 6.07) is 14.0. The average Bonchev–Trinajstić information content (AvgIpc) is 3.34. The quantitative estimate of drug-likeness (QED) is 0.280. The summed E-state index contributed by atoms with van der Waals surface area (Å²) >= 11 is 0. The topological polar surface area (TPSA) is 98.9 Å². The largest absolute Gasteiger partial charge is 0.485 e. The first kappa shape index (κ1) is 28.6. The van der Waals surface area contributed by atoms with Crippen molar-refractivity contribution in [3.8, 4) is 11.5 Å². The summed E-state index contributed by atoms with van der Waals surface area (Å²) in [4.78, 5) is 23.1. The maximum atomic E-state index is 13.0. The molecule has 5 heterocycles. The molecule has 0 amide bonds. The minimum Gasteiger partial charge on any atom is -0.485 e. The molecule has 3 aliphatic heterocycles. The SMILES string of the molecule is O=C(O)c1ccc2nc(CN3CCC(c4cccc5c4OCC(c4ccc(C(F)(F)F)cc4)O5)CC3)n(C[C@@H]3CCO3)c2n1. The second-order valence-electron chi connectivity index (χ2n) is 11.5. The highest BCUT2D eigenvalue weighted by Crippen LogP contribution is 2.44. The van der Waals surface area contributed by atoms with Crippen molar-refractivity contribution in [2.75, 3.05) is 26.3 Å². The number of piperidine rings is 1. The van der Waals surface area contributed by atoms with E-state index in [2.05, 4.69) is 16.0 Å². The molecule has 0 spiro atoms. The molecule has 2 fully saturated rings. The van der Waals surface area contributed by atoms with Crippen molar-refractivity contribution in [1.29, 1.82) is 0 Å². The predicted octanol–water partition coefficient (Wildman–Crippen LogP) is 5.83. The maximum absolute atomic E-state index is 13.0. The lowest BCUT2D eigenvalue weighted by Gasteiger charge is -2.35. The van der Waals surface area contributed by atoms with E-state index >= 15 is 0 Å². The number of fused-ring (bicyclic) bond motifs is 2. The van der Waals surface area contributed by atoms with Crippen LogP contribution in [0.5, 0.6) is 11.5 Å². The number of benzene rings is 2. The summed E-state index contributed by atoms with van der Waals surface area (Å²) in [5.74, 6) is 1.33. The number of ether oxygens (including phenoxy) is 3. The van der Waals surface area contributed by atoms with E-state index in [1.807, 2.05) is 16.7 Å². The van der Waals surface area contributed by atoms with Gasteiger partial charge in [0, 0.05) is 12.2 Å². The molecule has 0 aliphatic carbocycles. The molecule has 1 N–H and O–H groups in total. The number of halogens is 3. The van der Waals surface area contributed by atoms with Crippen molar-refractivity contribution in [2.24, 2.45) is 0 Å². The van der Waals surface area contributed by atoms with Crippen LogP contribution in [0.2, 0.25) is 0 Å². The van der Waals surface area contributed by atoms with E-state index in [-0.39, 0.29) is 24.3 Å². The Bertz CT molecular complexity index is 1680. The van der Waals surface area contributed by atoms with Crippen LogP contribution in [0.4, 0.5) is 13.2 Å². The predicted molar refractivity (Wildman–Crippen MR) is 153 cm³/mol. The standard InChI is InChI=1S/C32H31F3N4O5/c33-32(34,35)21-6-4-20(5-7-21)27-18-43-29-23(2-1-3-26(29)44-27)19-10-13-38(14-11-19)17-28-36-24-8-9-25(31(40)41)37-30(24)39(28)16-22-12-15-42-22/h1-9,19,22,27H,10-18H2,(H,40,41)/t22-,27?/m0/s1. The fourth-order valence-corrected chi connectivity index (χ4v) is 6.21. The Labute approximate surface area is 251 Å². The summed E-state index contributed by atoms with van der Waals surface area (Å²) in [6.45, 7) is 3.80. The molecule has 2 aromatic heterocycles. The van der Waals surface area contributed by atoms with Gasteiger partial charge in [0.2, 0.25) is 0 Å². The lowest BCUT2D eigenvalue weighted by atomic mass is 9.88. The Kier molecular flexibility index (Phi) is 7.41. The van der Waals surface area contributed by atoms with Gasteiger partial charge >= 0.3 is 12.1 Å². The second-order valence-corrected chi connectivity index (χ2v) is 11.5. The zero-order valence-electron chi connectivity index (χ0n) is 23.8. The van der Waals surface area contributed by atoms with Gasteiger partial charge < -0.3 is 23.9 Å². The first-order chi connectivity index (χ1) is 21.2. The van der Waals surface area contributed by atoms with Crippen LogP contribution in [0, 0.1) is 0 Å². The van der Waals surface area contributed by atoms with E-state index in [9.17, 15) is 23.1 Å². The van der Waals surface area contributed by atoms with Crippen LogP contribution >= 0.6 is 0 Å². The van der Waals surface area contributed by atoms with Gasteiger partial charge in [-0.25, -0.2) is 14.8 Å². The van der Waals surface area contributed by atoms with E-state index < -0.39 is 23.8 Å². The number of alkyl halides is 3. The van der Waals surface area contributed by atoms with Gasteiger partial charge in [-0.2, -0.15) is 13.2 Å². The van der Waals surface area contributed by atoms with Crippen LogP contribution in [0.1, 0.15) is 64.3 Å². The maximum Gasteiger partial charge on any atom is 0.416 e. The minimum atomic E-state index is -4.39. The van der Waals surface area contributed by atoms with Crippen molar-refractivity contribution < 1.29 is 37.3 Å². The van der Waals surface area contributed by atoms with Crippen LogP contribution in [0.15, 0.2) is 54.6 Å². The van der Waals surface area contributed by atoms with Crippen LogP contribution in [0.3, 0.4) is 0 Å². The zero-order chi connectivity index (χ0) is 30.4. The number of carbonyl (C=O) groups is 1. The number of likely N-dealkylation sites (tertiary alicyclic amines) is 1. The molecule has 7 rings (SSSR count). The van der Waals surface area contributed by atoms with Crippen molar-refractivity contribution in [3.05, 3.63) is 82.8 Å².